The number of benzene rings is 2. The van der Waals surface area contributed by atoms with E-state index in [0.29, 0.717) is 38.7 Å². The first-order valence-electron chi connectivity index (χ1n) is 11.0. The van der Waals surface area contributed by atoms with E-state index in [2.05, 4.69) is 21.2 Å². The van der Waals surface area contributed by atoms with Crippen molar-refractivity contribution >= 4 is 50.2 Å². The molecule has 0 aliphatic rings. The van der Waals surface area contributed by atoms with Crippen LogP contribution < -0.4 is 14.8 Å². The molecule has 7 nitrogen and oxygen atoms in total. The summed E-state index contributed by atoms with van der Waals surface area (Å²) in [6, 6.07) is 15.1. The van der Waals surface area contributed by atoms with Crippen LogP contribution >= 0.6 is 27.3 Å². The van der Waals surface area contributed by atoms with Crippen LogP contribution in [0, 0.1) is 25.2 Å². The van der Waals surface area contributed by atoms with Crippen molar-refractivity contribution in [2.45, 2.75) is 27.4 Å². The molecule has 186 valence electrons. The van der Waals surface area contributed by atoms with Crippen LogP contribution in [0.25, 0.3) is 6.08 Å². The molecule has 0 radical (unpaired) electrons. The fraction of sp³-hybridized carbons (Fsp3) is 0.222. The third-order valence-corrected chi connectivity index (χ3v) is 7.09. The zero-order valence-electron chi connectivity index (χ0n) is 20.3. The first kappa shape index (κ1) is 27.0. The maximum absolute atomic E-state index is 13.0. The molecule has 3 rings (SSSR count). The summed E-state index contributed by atoms with van der Waals surface area (Å²) in [6.07, 6.45) is 1.44. The monoisotopic (exact) mass is 568 g/mol. The number of thiophene rings is 1. The van der Waals surface area contributed by atoms with Crippen molar-refractivity contribution in [2.24, 2.45) is 0 Å². The van der Waals surface area contributed by atoms with Crippen molar-refractivity contribution in [2.75, 3.05) is 19.0 Å². The molecular formula is C27H25BrN2O5S. The Bertz CT molecular complexity index is 1340. The lowest BCUT2D eigenvalue weighted by atomic mass is 10.1. The molecule has 0 spiro atoms. The molecular weight excluding hydrogens is 544 g/mol. The average Bonchev–Trinajstić information content (AvgIpc) is 3.15. The van der Waals surface area contributed by atoms with Gasteiger partial charge in [0.05, 0.1) is 19.3 Å². The molecule has 9 heteroatoms. The van der Waals surface area contributed by atoms with E-state index >= 15 is 0 Å². The number of nitriles is 1. The van der Waals surface area contributed by atoms with Crippen LogP contribution in [-0.2, 0) is 16.1 Å². The van der Waals surface area contributed by atoms with Gasteiger partial charge >= 0.3 is 5.97 Å². The number of halogens is 1. The van der Waals surface area contributed by atoms with Crippen molar-refractivity contribution in [1.29, 1.82) is 5.26 Å². The zero-order valence-corrected chi connectivity index (χ0v) is 22.7. The van der Waals surface area contributed by atoms with Crippen LogP contribution in [-0.4, -0.2) is 25.6 Å². The number of carbonyl (C=O) groups excluding carboxylic acids is 2. The summed E-state index contributed by atoms with van der Waals surface area (Å²) in [4.78, 5) is 26.3. The highest BCUT2D eigenvalue weighted by molar-refractivity contribution is 9.10. The molecule has 1 heterocycles. The summed E-state index contributed by atoms with van der Waals surface area (Å²) in [7, 11) is 1.52. The maximum atomic E-state index is 13.0. The van der Waals surface area contributed by atoms with Gasteiger partial charge in [-0.15, -0.1) is 11.3 Å². The highest BCUT2D eigenvalue weighted by Gasteiger charge is 2.23. The number of amides is 1. The first-order valence-corrected chi connectivity index (χ1v) is 12.6. The van der Waals surface area contributed by atoms with Gasteiger partial charge in [-0.3, -0.25) is 4.79 Å². The number of methoxy groups -OCH3 is 1. The van der Waals surface area contributed by atoms with Crippen molar-refractivity contribution in [3.63, 3.8) is 0 Å². The number of rotatable bonds is 9. The number of nitrogens with one attached hydrogen (secondary N) is 1. The van der Waals surface area contributed by atoms with Crippen molar-refractivity contribution in [3.05, 3.63) is 79.6 Å². The van der Waals surface area contributed by atoms with E-state index in [4.69, 9.17) is 14.2 Å². The van der Waals surface area contributed by atoms with Crippen molar-refractivity contribution in [3.8, 4) is 17.6 Å². The van der Waals surface area contributed by atoms with Gasteiger partial charge in [0.2, 0.25) is 0 Å². The van der Waals surface area contributed by atoms with Gasteiger partial charge in [-0.25, -0.2) is 4.79 Å². The van der Waals surface area contributed by atoms with Gasteiger partial charge in [-0.05, 0) is 55.7 Å². The van der Waals surface area contributed by atoms with Crippen molar-refractivity contribution < 1.29 is 23.8 Å². The Balaban J connectivity index is 1.86. The van der Waals surface area contributed by atoms with Crippen LogP contribution in [0.2, 0.25) is 0 Å². The van der Waals surface area contributed by atoms with E-state index in [1.807, 2.05) is 43.3 Å². The van der Waals surface area contributed by atoms with E-state index in [1.54, 1.807) is 26.0 Å². The molecule has 1 amide bonds. The quantitative estimate of drug-likeness (QED) is 0.181. The lowest BCUT2D eigenvalue weighted by Crippen LogP contribution is -2.16. The zero-order chi connectivity index (χ0) is 26.2. The lowest BCUT2D eigenvalue weighted by molar-refractivity contribution is -0.112. The largest absolute Gasteiger partial charge is 0.493 e. The predicted octanol–water partition coefficient (Wildman–Crippen LogP) is 6.44. The fourth-order valence-corrected chi connectivity index (χ4v) is 4.79. The molecule has 3 aromatic rings. The molecule has 0 saturated carbocycles. The van der Waals surface area contributed by atoms with Gasteiger partial charge < -0.3 is 19.5 Å². The van der Waals surface area contributed by atoms with Gasteiger partial charge in [0.15, 0.2) is 11.5 Å². The highest BCUT2D eigenvalue weighted by Crippen LogP contribution is 2.36. The molecule has 0 bridgehead atoms. The summed E-state index contributed by atoms with van der Waals surface area (Å²) in [6.45, 7) is 5.92. The van der Waals surface area contributed by atoms with E-state index in [-0.39, 0.29) is 12.2 Å². The normalized spacial score (nSPS) is 10.9. The molecule has 0 unspecified atom stereocenters. The summed E-state index contributed by atoms with van der Waals surface area (Å²) in [5.74, 6) is -0.195. The third-order valence-electron chi connectivity index (χ3n) is 5.28. The van der Waals surface area contributed by atoms with Crippen LogP contribution in [0.1, 0.15) is 38.8 Å². The van der Waals surface area contributed by atoms with E-state index in [9.17, 15) is 14.9 Å². The third kappa shape index (κ3) is 6.33. The van der Waals surface area contributed by atoms with Crippen LogP contribution in [0.15, 0.2) is 52.5 Å². The Morgan fingerprint density at radius 1 is 1.17 bits per heavy atom. The molecule has 0 aliphatic carbocycles. The molecule has 36 heavy (non-hydrogen) atoms. The first-order chi connectivity index (χ1) is 17.3. The van der Waals surface area contributed by atoms with Gasteiger partial charge in [0.25, 0.3) is 5.91 Å². The molecule has 0 atom stereocenters. The summed E-state index contributed by atoms with van der Waals surface area (Å²) < 4.78 is 17.1. The standard InChI is InChI=1S/C27H25BrN2O5S/c1-5-34-27(32)24-16(2)17(3)36-26(24)30-25(31)20(14-29)11-19-12-22(33-4)23(13-21(19)28)35-15-18-9-7-6-8-10-18/h6-13H,5,15H2,1-4H3,(H,30,31). The minimum absolute atomic E-state index is 0.144. The maximum Gasteiger partial charge on any atom is 0.341 e. The lowest BCUT2D eigenvalue weighted by Gasteiger charge is -2.13. The van der Waals surface area contributed by atoms with E-state index in [1.165, 1.54) is 24.5 Å². The number of nitrogens with zero attached hydrogens (tertiary/aromatic N) is 1. The van der Waals surface area contributed by atoms with E-state index < -0.39 is 11.9 Å². The SMILES string of the molecule is CCOC(=O)c1c(NC(=O)C(C#N)=Cc2cc(OC)c(OCc3ccccc3)cc2Br)sc(C)c1C. The number of hydrogen-bond donors (Lipinski definition) is 1. The van der Waals surface area contributed by atoms with Gasteiger partial charge in [-0.2, -0.15) is 5.26 Å². The fourth-order valence-electron chi connectivity index (χ4n) is 3.31. The highest BCUT2D eigenvalue weighted by atomic mass is 79.9. The molecule has 2 aromatic carbocycles. The molecule has 0 fully saturated rings. The number of ether oxygens (including phenoxy) is 3. The average molecular weight is 569 g/mol. The second kappa shape index (κ2) is 12.4. The van der Waals surface area contributed by atoms with Crippen LogP contribution in [0.5, 0.6) is 11.5 Å². The second-order valence-corrected chi connectivity index (χ2v) is 9.71. The van der Waals surface area contributed by atoms with Crippen LogP contribution in [0.3, 0.4) is 0 Å². The number of anilines is 1. The number of hydrogen-bond acceptors (Lipinski definition) is 7. The number of esters is 1. The van der Waals surface area contributed by atoms with Gasteiger partial charge in [0, 0.05) is 9.35 Å². The Morgan fingerprint density at radius 2 is 1.89 bits per heavy atom. The van der Waals surface area contributed by atoms with Gasteiger partial charge in [0.1, 0.15) is 23.3 Å². The smallest absolute Gasteiger partial charge is 0.341 e. The minimum Gasteiger partial charge on any atom is -0.493 e. The second-order valence-electron chi connectivity index (χ2n) is 7.63. The summed E-state index contributed by atoms with van der Waals surface area (Å²) >= 11 is 4.75. The molecule has 1 aromatic heterocycles. The minimum atomic E-state index is -0.639. The van der Waals surface area contributed by atoms with E-state index in [0.717, 1.165) is 16.0 Å². The predicted molar refractivity (Wildman–Crippen MR) is 143 cm³/mol. The molecule has 1 N–H and O–H groups in total. The topological polar surface area (TPSA) is 97.7 Å². The summed E-state index contributed by atoms with van der Waals surface area (Å²) in [5, 5.41) is 12.7. The Morgan fingerprint density at radius 3 is 2.53 bits per heavy atom. The van der Waals surface area contributed by atoms with Crippen molar-refractivity contribution in [1.82, 2.24) is 0 Å². The Hall–Kier alpha value is -3.61. The number of carbonyl (C=O) groups is 2. The summed E-state index contributed by atoms with van der Waals surface area (Å²) in [5.41, 5.74) is 2.44. The Labute approximate surface area is 222 Å². The molecule has 0 saturated heterocycles. The van der Waals surface area contributed by atoms with Gasteiger partial charge in [-0.1, -0.05) is 46.3 Å². The van der Waals surface area contributed by atoms with Crippen LogP contribution in [0.4, 0.5) is 5.00 Å². The number of aryl methyl sites for hydroxylation is 1. The Kier molecular flexibility index (Phi) is 9.28. The molecule has 0 aliphatic heterocycles.